The number of aromatic nitrogens is 2. The molecule has 0 aliphatic rings. The van der Waals surface area contributed by atoms with Crippen molar-refractivity contribution in [2.24, 2.45) is 0 Å². The van der Waals surface area contributed by atoms with Crippen LogP contribution >= 0.6 is 11.3 Å². The number of ketones is 1. The molecular weight excluding hydrogens is 374 g/mol. The van der Waals surface area contributed by atoms with E-state index in [9.17, 15) is 9.59 Å². The number of hydrogen-bond donors (Lipinski definition) is 1. The third kappa shape index (κ3) is 4.05. The van der Waals surface area contributed by atoms with Crippen molar-refractivity contribution in [1.82, 2.24) is 10.2 Å². The number of rotatable bonds is 6. The van der Waals surface area contributed by atoms with E-state index in [-0.39, 0.29) is 17.7 Å². The Labute approximate surface area is 164 Å². The zero-order valence-electron chi connectivity index (χ0n) is 14.7. The summed E-state index contributed by atoms with van der Waals surface area (Å²) < 4.78 is 5.47. The number of anilines is 1. The predicted octanol–water partition coefficient (Wildman–Crippen LogP) is 4.21. The molecule has 0 spiro atoms. The Hall–Kier alpha value is -3.58. The van der Waals surface area contributed by atoms with E-state index in [1.165, 1.54) is 0 Å². The summed E-state index contributed by atoms with van der Waals surface area (Å²) in [5.41, 5.74) is 1.50. The fourth-order valence-corrected chi connectivity index (χ4v) is 3.33. The van der Waals surface area contributed by atoms with Crippen LogP contribution in [0.3, 0.4) is 0 Å². The van der Waals surface area contributed by atoms with Gasteiger partial charge in [-0.25, -0.2) is 0 Å². The minimum absolute atomic E-state index is 0.0426. The molecule has 0 unspecified atom stereocenters. The quantitative estimate of drug-likeness (QED) is 0.500. The summed E-state index contributed by atoms with van der Waals surface area (Å²) in [5.74, 6) is -0.0470. The molecule has 0 radical (unpaired) electrons. The third-order valence-electron chi connectivity index (χ3n) is 4.04. The molecule has 6 nitrogen and oxygen atoms in total. The maximum Gasteiger partial charge on any atom is 0.322 e. The van der Waals surface area contributed by atoms with E-state index in [1.54, 1.807) is 47.7 Å². The Kier molecular flexibility index (Phi) is 5.07. The van der Waals surface area contributed by atoms with Crippen molar-refractivity contribution in [1.29, 1.82) is 0 Å². The van der Waals surface area contributed by atoms with Crippen molar-refractivity contribution < 1.29 is 14.0 Å². The van der Waals surface area contributed by atoms with Crippen molar-refractivity contribution in [2.45, 2.75) is 6.42 Å². The second-order valence-electron chi connectivity index (χ2n) is 5.98. The summed E-state index contributed by atoms with van der Waals surface area (Å²) in [7, 11) is 0. The van der Waals surface area contributed by atoms with E-state index < -0.39 is 0 Å². The number of hydrogen-bond acceptors (Lipinski definition) is 6. The molecule has 0 bridgehead atoms. The van der Waals surface area contributed by atoms with Crippen LogP contribution in [-0.2, 0) is 6.42 Å². The highest BCUT2D eigenvalue weighted by atomic mass is 32.1. The number of benzene rings is 2. The molecule has 0 fully saturated rings. The lowest BCUT2D eigenvalue weighted by molar-refractivity contribution is 0.101. The molecule has 4 rings (SSSR count). The summed E-state index contributed by atoms with van der Waals surface area (Å²) in [6.07, 6.45) is 0.525. The van der Waals surface area contributed by atoms with Crippen LogP contribution < -0.4 is 5.32 Å². The number of amides is 1. The summed E-state index contributed by atoms with van der Waals surface area (Å²) in [6.45, 7) is 0. The number of nitrogens with zero attached hydrogens (tertiary/aromatic N) is 2. The fraction of sp³-hybridized carbons (Fsp3) is 0.0476. The average molecular weight is 389 g/mol. The summed E-state index contributed by atoms with van der Waals surface area (Å²) in [5, 5.41) is 12.3. The van der Waals surface area contributed by atoms with Gasteiger partial charge in [-0.15, -0.1) is 16.4 Å². The molecular formula is C21H15N3O3S. The molecule has 1 amide bonds. The van der Waals surface area contributed by atoms with Crippen LogP contribution in [0.15, 0.2) is 76.5 Å². The van der Waals surface area contributed by atoms with Crippen molar-refractivity contribution >= 4 is 29.0 Å². The maximum absolute atomic E-state index is 12.4. The van der Waals surface area contributed by atoms with Gasteiger partial charge in [-0.2, -0.15) is 0 Å². The zero-order chi connectivity index (χ0) is 19.3. The lowest BCUT2D eigenvalue weighted by atomic mass is 10.0. The molecule has 28 heavy (non-hydrogen) atoms. The zero-order valence-corrected chi connectivity index (χ0v) is 15.5. The monoisotopic (exact) mass is 389 g/mol. The Morgan fingerprint density at radius 3 is 2.29 bits per heavy atom. The molecule has 0 saturated heterocycles. The summed E-state index contributed by atoms with van der Waals surface area (Å²) >= 11 is 1.60. The van der Waals surface area contributed by atoms with Gasteiger partial charge in [0.25, 0.3) is 5.91 Å². The first-order chi connectivity index (χ1) is 13.7. The second-order valence-corrected chi connectivity index (χ2v) is 7.02. The largest absolute Gasteiger partial charge is 0.407 e. The van der Waals surface area contributed by atoms with Gasteiger partial charge < -0.3 is 4.42 Å². The standard InChI is InChI=1S/C21H15N3O3S/c25-19(14-5-2-1-3-6-14)15-8-10-16(11-9-15)20(26)22-21-24-23-18(27-21)13-17-7-4-12-28-17/h1-12H,13H2,(H,22,24,26). The van der Waals surface area contributed by atoms with Gasteiger partial charge in [-0.3, -0.25) is 14.9 Å². The SMILES string of the molecule is O=C(Nc1nnc(Cc2cccs2)o1)c1ccc(C(=O)c2ccccc2)cc1. The van der Waals surface area contributed by atoms with Gasteiger partial charge in [0.2, 0.25) is 5.89 Å². The second kappa shape index (κ2) is 7.98. The van der Waals surface area contributed by atoms with Gasteiger partial charge in [-0.1, -0.05) is 53.6 Å². The molecule has 0 aliphatic carbocycles. The molecule has 7 heteroatoms. The van der Waals surface area contributed by atoms with Crippen molar-refractivity contribution in [2.75, 3.05) is 5.32 Å². The Morgan fingerprint density at radius 2 is 1.57 bits per heavy atom. The Morgan fingerprint density at radius 1 is 0.857 bits per heavy atom. The molecule has 4 aromatic rings. The smallest absolute Gasteiger partial charge is 0.322 e. The maximum atomic E-state index is 12.4. The van der Waals surface area contributed by atoms with Crippen molar-refractivity contribution in [3.8, 4) is 0 Å². The summed E-state index contributed by atoms with van der Waals surface area (Å²) in [4.78, 5) is 25.9. The van der Waals surface area contributed by atoms with Gasteiger partial charge in [-0.05, 0) is 23.6 Å². The molecule has 0 aliphatic heterocycles. The Balaban J connectivity index is 1.41. The highest BCUT2D eigenvalue weighted by molar-refractivity contribution is 7.09. The van der Waals surface area contributed by atoms with E-state index in [2.05, 4.69) is 15.5 Å². The lowest BCUT2D eigenvalue weighted by Crippen LogP contribution is -2.12. The van der Waals surface area contributed by atoms with Gasteiger partial charge in [0.05, 0.1) is 6.42 Å². The van der Waals surface area contributed by atoms with Crippen LogP contribution in [-0.4, -0.2) is 21.9 Å². The van der Waals surface area contributed by atoms with Crippen LogP contribution in [0.4, 0.5) is 6.01 Å². The lowest BCUT2D eigenvalue weighted by Gasteiger charge is -2.03. The third-order valence-corrected chi connectivity index (χ3v) is 4.91. The topological polar surface area (TPSA) is 85.1 Å². The fourth-order valence-electron chi connectivity index (χ4n) is 2.64. The normalized spacial score (nSPS) is 10.6. The van der Waals surface area contributed by atoms with Crippen molar-refractivity contribution in [3.05, 3.63) is 99.6 Å². The van der Waals surface area contributed by atoms with Crippen LogP contribution in [0.5, 0.6) is 0 Å². The minimum atomic E-state index is -0.384. The highest BCUT2D eigenvalue weighted by Crippen LogP contribution is 2.16. The van der Waals surface area contributed by atoms with Crippen LogP contribution in [0.1, 0.15) is 37.0 Å². The van der Waals surface area contributed by atoms with E-state index in [0.717, 1.165) is 4.88 Å². The van der Waals surface area contributed by atoms with Crippen LogP contribution in [0.2, 0.25) is 0 Å². The number of thiophene rings is 1. The number of carbonyl (C=O) groups is 2. The average Bonchev–Trinajstić information content (AvgIpc) is 3.41. The van der Waals surface area contributed by atoms with Gasteiger partial charge in [0, 0.05) is 21.6 Å². The first-order valence-corrected chi connectivity index (χ1v) is 9.43. The molecule has 138 valence electrons. The molecule has 2 heterocycles. The van der Waals surface area contributed by atoms with Gasteiger partial charge >= 0.3 is 6.01 Å². The van der Waals surface area contributed by atoms with Crippen molar-refractivity contribution in [3.63, 3.8) is 0 Å². The van der Waals surface area contributed by atoms with Crippen LogP contribution in [0.25, 0.3) is 0 Å². The van der Waals surface area contributed by atoms with Gasteiger partial charge in [0.15, 0.2) is 5.78 Å². The summed E-state index contributed by atoms with van der Waals surface area (Å²) in [6, 6.07) is 19.4. The molecule has 0 saturated carbocycles. The highest BCUT2D eigenvalue weighted by Gasteiger charge is 2.14. The molecule has 1 N–H and O–H groups in total. The number of nitrogens with one attached hydrogen (secondary N) is 1. The molecule has 2 aromatic carbocycles. The number of carbonyl (C=O) groups excluding carboxylic acids is 2. The predicted molar refractivity (Wildman–Crippen MR) is 106 cm³/mol. The van der Waals surface area contributed by atoms with E-state index in [4.69, 9.17) is 4.42 Å². The molecule has 2 aromatic heterocycles. The van der Waals surface area contributed by atoms with E-state index in [1.807, 2.05) is 35.7 Å². The molecule has 0 atom stereocenters. The first-order valence-electron chi connectivity index (χ1n) is 8.55. The van der Waals surface area contributed by atoms with Crippen LogP contribution in [0, 0.1) is 0 Å². The minimum Gasteiger partial charge on any atom is -0.407 e. The van der Waals surface area contributed by atoms with Gasteiger partial charge in [0.1, 0.15) is 0 Å². The van der Waals surface area contributed by atoms with E-state index >= 15 is 0 Å². The van der Waals surface area contributed by atoms with E-state index in [0.29, 0.717) is 29.0 Å². The first kappa shape index (κ1) is 17.8. The Bertz CT molecular complexity index is 1090.